The van der Waals surface area contributed by atoms with Gasteiger partial charge in [0.1, 0.15) is 17.3 Å². The Morgan fingerprint density at radius 2 is 1.91 bits per heavy atom. The van der Waals surface area contributed by atoms with E-state index in [-0.39, 0.29) is 60.2 Å². The largest absolute Gasteiger partial charge is 0.377 e. The van der Waals surface area contributed by atoms with Gasteiger partial charge in [-0.15, -0.1) is 0 Å². The Bertz CT molecular complexity index is 1380. The first-order chi connectivity index (χ1) is 16.7. The second-order valence-electron chi connectivity index (χ2n) is 8.94. The Morgan fingerprint density at radius 1 is 1.17 bits per heavy atom. The van der Waals surface area contributed by atoms with Gasteiger partial charge in [0, 0.05) is 54.4 Å². The van der Waals surface area contributed by atoms with Gasteiger partial charge in [-0.3, -0.25) is 14.0 Å². The average molecular weight is 504 g/mol. The van der Waals surface area contributed by atoms with E-state index in [1.165, 1.54) is 21.4 Å². The van der Waals surface area contributed by atoms with Crippen LogP contribution in [0.25, 0.3) is 16.9 Å². The molecule has 2 aliphatic heterocycles. The predicted octanol–water partition coefficient (Wildman–Crippen LogP) is 2.94. The molecule has 0 spiro atoms. The molecule has 0 radical (unpaired) electrons. The number of halogens is 3. The van der Waals surface area contributed by atoms with Gasteiger partial charge in [-0.1, -0.05) is 11.6 Å². The average Bonchev–Trinajstić information content (AvgIpc) is 3.30. The number of fused-ring (bicyclic) bond motifs is 1. The molecule has 1 atom stereocenters. The molecule has 1 amide bonds. The van der Waals surface area contributed by atoms with Crippen LogP contribution < -0.4 is 10.5 Å². The van der Waals surface area contributed by atoms with Crippen LogP contribution in [-0.4, -0.2) is 70.2 Å². The third-order valence-corrected chi connectivity index (χ3v) is 6.94. The smallest absolute Gasteiger partial charge is 0.262 e. The molecular formula is C24H24ClF2N5O3. The standard InChI is InChI=1S/C24H24ClF2N5O3/c1-14-15(2)28-21-20(17-4-3-16(25)11-18(17)26)29-19(12-32(21)22(14)33)30-6-8-31(9-7-30)23(34)24(27)5-10-35-13-24/h3-4,11-12H,5-10,13H2,1-2H3. The molecule has 8 nitrogen and oxygen atoms in total. The summed E-state index contributed by atoms with van der Waals surface area (Å²) in [6.45, 7) is 4.73. The lowest BCUT2D eigenvalue weighted by Crippen LogP contribution is -2.55. The zero-order valence-electron chi connectivity index (χ0n) is 19.4. The molecule has 11 heteroatoms. The van der Waals surface area contributed by atoms with E-state index in [2.05, 4.69) is 9.97 Å². The number of ether oxygens (including phenoxy) is 1. The minimum Gasteiger partial charge on any atom is -0.377 e. The van der Waals surface area contributed by atoms with Gasteiger partial charge in [-0.25, -0.2) is 18.7 Å². The van der Waals surface area contributed by atoms with Crippen molar-refractivity contribution in [3.63, 3.8) is 0 Å². The van der Waals surface area contributed by atoms with E-state index in [0.717, 1.165) is 0 Å². The SMILES string of the molecule is Cc1nc2c(-c3ccc(Cl)cc3F)nc(N3CCN(C(=O)C4(F)CCOC4)CC3)cn2c(=O)c1C. The third-order valence-electron chi connectivity index (χ3n) is 6.70. The summed E-state index contributed by atoms with van der Waals surface area (Å²) in [5, 5.41) is 0.239. The van der Waals surface area contributed by atoms with Crippen LogP contribution in [0.2, 0.25) is 5.02 Å². The maximum atomic E-state index is 14.9. The fraction of sp³-hybridized carbons (Fsp3) is 0.417. The first-order valence-electron chi connectivity index (χ1n) is 11.3. The van der Waals surface area contributed by atoms with Gasteiger partial charge < -0.3 is 14.5 Å². The summed E-state index contributed by atoms with van der Waals surface area (Å²) in [5.41, 5.74) is -0.636. The predicted molar refractivity (Wildman–Crippen MR) is 127 cm³/mol. The van der Waals surface area contributed by atoms with Crippen LogP contribution in [0.3, 0.4) is 0 Å². The van der Waals surface area contributed by atoms with Crippen molar-refractivity contribution in [2.75, 3.05) is 44.3 Å². The molecule has 0 saturated carbocycles. The highest BCUT2D eigenvalue weighted by molar-refractivity contribution is 6.30. The molecule has 3 aromatic rings. The number of anilines is 1. The second kappa shape index (κ2) is 8.83. The number of aryl methyl sites for hydroxylation is 1. The van der Waals surface area contributed by atoms with Crippen LogP contribution in [0.4, 0.5) is 14.6 Å². The molecule has 1 unspecified atom stereocenters. The summed E-state index contributed by atoms with van der Waals surface area (Å²) in [6, 6.07) is 4.24. The highest BCUT2D eigenvalue weighted by Crippen LogP contribution is 2.30. The zero-order valence-corrected chi connectivity index (χ0v) is 20.1. The van der Waals surface area contributed by atoms with Crippen LogP contribution in [0.1, 0.15) is 17.7 Å². The maximum Gasteiger partial charge on any atom is 0.262 e. The molecule has 2 aromatic heterocycles. The van der Waals surface area contributed by atoms with Crippen molar-refractivity contribution in [3.8, 4) is 11.3 Å². The van der Waals surface area contributed by atoms with Crippen molar-refractivity contribution >= 4 is 29.0 Å². The number of benzene rings is 1. The van der Waals surface area contributed by atoms with Crippen molar-refractivity contribution in [1.82, 2.24) is 19.3 Å². The van der Waals surface area contributed by atoms with Crippen molar-refractivity contribution < 1.29 is 18.3 Å². The molecular weight excluding hydrogens is 480 g/mol. The number of hydrogen-bond donors (Lipinski definition) is 0. The number of alkyl halides is 1. The Hall–Kier alpha value is -3.11. The lowest BCUT2D eigenvalue weighted by atomic mass is 10.0. The third kappa shape index (κ3) is 4.14. The molecule has 5 rings (SSSR count). The van der Waals surface area contributed by atoms with Crippen molar-refractivity contribution in [2.45, 2.75) is 25.9 Å². The molecule has 4 heterocycles. The molecule has 184 valence electrons. The van der Waals surface area contributed by atoms with E-state index in [4.69, 9.17) is 16.3 Å². The Labute approximate surface area is 205 Å². The number of piperazine rings is 1. The number of amides is 1. The summed E-state index contributed by atoms with van der Waals surface area (Å²) in [4.78, 5) is 38.4. The lowest BCUT2D eigenvalue weighted by molar-refractivity contribution is -0.144. The van der Waals surface area contributed by atoms with Gasteiger partial charge in [0.05, 0.1) is 19.4 Å². The molecule has 2 fully saturated rings. The highest BCUT2D eigenvalue weighted by Gasteiger charge is 2.45. The molecule has 0 N–H and O–H groups in total. The van der Waals surface area contributed by atoms with E-state index in [1.807, 2.05) is 4.90 Å². The van der Waals surface area contributed by atoms with Crippen molar-refractivity contribution in [1.29, 1.82) is 0 Å². The van der Waals surface area contributed by atoms with Crippen LogP contribution in [0, 0.1) is 19.7 Å². The number of aromatic nitrogens is 3. The quantitative estimate of drug-likeness (QED) is 0.547. The molecule has 0 bridgehead atoms. The summed E-state index contributed by atoms with van der Waals surface area (Å²) in [7, 11) is 0. The normalized spacial score (nSPS) is 20.6. The summed E-state index contributed by atoms with van der Waals surface area (Å²) in [5.74, 6) is -0.712. The van der Waals surface area contributed by atoms with E-state index >= 15 is 0 Å². The van der Waals surface area contributed by atoms with Crippen LogP contribution in [0.15, 0.2) is 29.2 Å². The lowest BCUT2D eigenvalue weighted by Gasteiger charge is -2.37. The number of hydrogen-bond acceptors (Lipinski definition) is 6. The van der Waals surface area contributed by atoms with Gasteiger partial charge in [0.2, 0.25) is 5.67 Å². The monoisotopic (exact) mass is 503 g/mol. The zero-order chi connectivity index (χ0) is 24.9. The molecule has 35 heavy (non-hydrogen) atoms. The summed E-state index contributed by atoms with van der Waals surface area (Å²) >= 11 is 5.94. The maximum absolute atomic E-state index is 14.9. The molecule has 2 aliphatic rings. The topological polar surface area (TPSA) is 80.0 Å². The Balaban J connectivity index is 1.53. The first kappa shape index (κ1) is 23.6. The summed E-state index contributed by atoms with van der Waals surface area (Å²) in [6.07, 6.45) is 1.64. The van der Waals surface area contributed by atoms with Gasteiger partial charge >= 0.3 is 0 Å². The number of rotatable bonds is 3. The second-order valence-corrected chi connectivity index (χ2v) is 9.38. The van der Waals surface area contributed by atoms with Crippen LogP contribution >= 0.6 is 11.6 Å². The number of carbonyl (C=O) groups excluding carboxylic acids is 1. The van der Waals surface area contributed by atoms with Crippen LogP contribution in [0.5, 0.6) is 0 Å². The van der Waals surface area contributed by atoms with Gasteiger partial charge in [-0.2, -0.15) is 0 Å². The molecule has 1 aromatic carbocycles. The fourth-order valence-corrected chi connectivity index (χ4v) is 4.63. The first-order valence-corrected chi connectivity index (χ1v) is 11.7. The highest BCUT2D eigenvalue weighted by atomic mass is 35.5. The molecule has 0 aliphatic carbocycles. The van der Waals surface area contributed by atoms with Gasteiger partial charge in [0.25, 0.3) is 11.5 Å². The van der Waals surface area contributed by atoms with E-state index in [0.29, 0.717) is 30.2 Å². The minimum absolute atomic E-state index is 0.0585. The van der Waals surface area contributed by atoms with E-state index in [1.54, 1.807) is 26.1 Å². The van der Waals surface area contributed by atoms with Gasteiger partial charge in [0.15, 0.2) is 5.65 Å². The number of nitrogens with zero attached hydrogens (tertiary/aromatic N) is 5. The Morgan fingerprint density at radius 3 is 2.57 bits per heavy atom. The van der Waals surface area contributed by atoms with Crippen molar-refractivity contribution in [2.24, 2.45) is 0 Å². The van der Waals surface area contributed by atoms with Crippen LogP contribution in [-0.2, 0) is 9.53 Å². The fourth-order valence-electron chi connectivity index (χ4n) is 4.47. The molecule has 2 saturated heterocycles. The summed E-state index contributed by atoms with van der Waals surface area (Å²) < 4.78 is 36.2. The Kier molecular flexibility index (Phi) is 5.96. The van der Waals surface area contributed by atoms with Gasteiger partial charge in [-0.05, 0) is 32.0 Å². The minimum atomic E-state index is -1.98. The number of carbonyl (C=O) groups is 1. The van der Waals surface area contributed by atoms with Crippen molar-refractivity contribution in [3.05, 3.63) is 56.8 Å². The van der Waals surface area contributed by atoms with E-state index < -0.39 is 17.4 Å². The van der Waals surface area contributed by atoms with E-state index in [9.17, 15) is 18.4 Å².